The maximum absolute atomic E-state index is 10.8. The highest BCUT2D eigenvalue weighted by Gasteiger charge is 2.27. The lowest BCUT2D eigenvalue weighted by Crippen LogP contribution is -2.58. The molecule has 6 nitrogen and oxygen atoms in total. The highest BCUT2D eigenvalue weighted by atomic mass is 16.5. The molecule has 0 aromatic carbocycles. The van der Waals surface area contributed by atoms with Gasteiger partial charge in [0, 0.05) is 0 Å². The molecule has 0 fully saturated rings. The number of aliphatic carboxylic acids is 1. The van der Waals surface area contributed by atoms with Gasteiger partial charge in [-0.25, -0.2) is 0 Å². The van der Waals surface area contributed by atoms with Crippen LogP contribution >= 0.6 is 0 Å². The van der Waals surface area contributed by atoms with Gasteiger partial charge in [-0.2, -0.15) is 0 Å². The predicted octanol–water partition coefficient (Wildman–Crippen LogP) is -0.352. The Kier molecular flexibility index (Phi) is 12.2. The standard InChI is InChI=1S/C15H29NO5/c1-2-3-4-5-6-7-12-21-14-16(8-10-17,9-11-18)13-15(19)20/h2,17-18H,1,3-14H2. The van der Waals surface area contributed by atoms with Gasteiger partial charge in [0.05, 0.1) is 25.8 Å². The molecule has 2 N–H and O–H groups in total. The lowest BCUT2D eigenvalue weighted by molar-refractivity contribution is -0.941. The Hall–Kier alpha value is -0.950. The van der Waals surface area contributed by atoms with E-state index in [9.17, 15) is 9.90 Å². The van der Waals surface area contributed by atoms with Crippen LogP contribution in [-0.4, -0.2) is 66.9 Å². The molecule has 0 saturated carbocycles. The zero-order valence-corrected chi connectivity index (χ0v) is 12.8. The number of rotatable bonds is 15. The van der Waals surface area contributed by atoms with Crippen molar-refractivity contribution < 1.29 is 29.3 Å². The summed E-state index contributed by atoms with van der Waals surface area (Å²) in [5.41, 5.74) is 0. The Morgan fingerprint density at radius 3 is 2.29 bits per heavy atom. The summed E-state index contributed by atoms with van der Waals surface area (Å²) in [5, 5.41) is 29.0. The van der Waals surface area contributed by atoms with E-state index in [0.29, 0.717) is 6.61 Å². The number of carbonyl (C=O) groups excluding carboxylic acids is 1. The molecule has 0 aliphatic rings. The first-order valence-corrected chi connectivity index (χ1v) is 7.55. The summed E-state index contributed by atoms with van der Waals surface area (Å²) in [6, 6.07) is 0. The van der Waals surface area contributed by atoms with Crippen LogP contribution < -0.4 is 5.11 Å². The number of carboxylic acids is 1. The molecule has 0 rings (SSSR count). The predicted molar refractivity (Wildman–Crippen MR) is 78.1 cm³/mol. The number of allylic oxidation sites excluding steroid dienone is 1. The summed E-state index contributed by atoms with van der Waals surface area (Å²) in [4.78, 5) is 10.8. The van der Waals surface area contributed by atoms with E-state index < -0.39 is 5.97 Å². The molecule has 0 radical (unpaired) electrons. The largest absolute Gasteiger partial charge is 0.544 e. The van der Waals surface area contributed by atoms with Crippen LogP contribution in [0.1, 0.15) is 32.1 Å². The highest BCUT2D eigenvalue weighted by molar-refractivity contribution is 5.65. The van der Waals surface area contributed by atoms with E-state index in [1.165, 1.54) is 0 Å². The first kappa shape index (κ1) is 20.1. The van der Waals surface area contributed by atoms with Crippen molar-refractivity contribution in [3.05, 3.63) is 12.7 Å². The Balaban J connectivity index is 4.04. The quantitative estimate of drug-likeness (QED) is 0.187. The molecule has 21 heavy (non-hydrogen) atoms. The van der Waals surface area contributed by atoms with E-state index in [1.54, 1.807) is 0 Å². The van der Waals surface area contributed by atoms with Crippen molar-refractivity contribution >= 4 is 5.97 Å². The van der Waals surface area contributed by atoms with Crippen molar-refractivity contribution in [3.8, 4) is 0 Å². The third-order valence-electron chi connectivity index (χ3n) is 3.43. The molecule has 0 spiro atoms. The van der Waals surface area contributed by atoms with Crippen LogP contribution in [-0.2, 0) is 9.53 Å². The summed E-state index contributed by atoms with van der Waals surface area (Å²) in [6.45, 7) is 4.28. The van der Waals surface area contributed by atoms with Crippen molar-refractivity contribution in [2.75, 3.05) is 46.2 Å². The minimum Gasteiger partial charge on any atom is -0.544 e. The van der Waals surface area contributed by atoms with Gasteiger partial charge >= 0.3 is 0 Å². The third-order valence-corrected chi connectivity index (χ3v) is 3.43. The Morgan fingerprint density at radius 2 is 1.76 bits per heavy atom. The molecule has 0 heterocycles. The van der Waals surface area contributed by atoms with Gasteiger partial charge in [0.15, 0.2) is 6.73 Å². The average Bonchev–Trinajstić information content (AvgIpc) is 2.41. The highest BCUT2D eigenvalue weighted by Crippen LogP contribution is 2.08. The molecule has 6 heteroatoms. The van der Waals surface area contributed by atoms with Crippen molar-refractivity contribution in [1.82, 2.24) is 0 Å². The third kappa shape index (κ3) is 10.4. The zero-order valence-electron chi connectivity index (χ0n) is 12.8. The van der Waals surface area contributed by atoms with Crippen molar-refractivity contribution in [2.45, 2.75) is 32.1 Å². The molecule has 0 aromatic heterocycles. The number of aliphatic hydroxyl groups is 2. The van der Waals surface area contributed by atoms with Gasteiger partial charge in [0.1, 0.15) is 19.6 Å². The fraction of sp³-hybridized carbons (Fsp3) is 0.800. The Bertz CT molecular complexity index is 277. The fourth-order valence-corrected chi connectivity index (χ4v) is 2.25. The van der Waals surface area contributed by atoms with Crippen LogP contribution in [0.3, 0.4) is 0 Å². The van der Waals surface area contributed by atoms with Crippen LogP contribution in [0, 0.1) is 0 Å². The summed E-state index contributed by atoms with van der Waals surface area (Å²) < 4.78 is 5.54. The van der Waals surface area contributed by atoms with Gasteiger partial charge in [-0.05, 0) is 19.3 Å². The van der Waals surface area contributed by atoms with Crippen molar-refractivity contribution in [1.29, 1.82) is 0 Å². The molecule has 0 bridgehead atoms. The lowest BCUT2D eigenvalue weighted by atomic mass is 10.1. The van der Waals surface area contributed by atoms with E-state index >= 15 is 0 Å². The van der Waals surface area contributed by atoms with Crippen molar-refractivity contribution in [2.24, 2.45) is 0 Å². The molecule has 0 aliphatic heterocycles. The molecule has 0 atom stereocenters. The van der Waals surface area contributed by atoms with Gasteiger partial charge in [-0.3, -0.25) is 4.48 Å². The topological polar surface area (TPSA) is 89.8 Å². The van der Waals surface area contributed by atoms with Crippen LogP contribution in [0.5, 0.6) is 0 Å². The molecule has 0 unspecified atom stereocenters. The molecule has 0 saturated heterocycles. The Morgan fingerprint density at radius 1 is 1.14 bits per heavy atom. The zero-order chi connectivity index (χ0) is 16.0. The second-order valence-electron chi connectivity index (χ2n) is 5.30. The molecule has 0 aromatic rings. The van der Waals surface area contributed by atoms with Crippen LogP contribution in [0.2, 0.25) is 0 Å². The maximum atomic E-state index is 10.8. The summed E-state index contributed by atoms with van der Waals surface area (Å²) in [6.07, 6.45) is 7.17. The number of carboxylic acid groups (broad SMARTS) is 1. The molecular formula is C15H29NO5. The number of quaternary nitrogens is 1. The molecular weight excluding hydrogens is 274 g/mol. The van der Waals surface area contributed by atoms with Gasteiger partial charge in [-0.1, -0.05) is 18.9 Å². The first-order valence-electron chi connectivity index (χ1n) is 7.55. The van der Waals surface area contributed by atoms with Crippen molar-refractivity contribution in [3.63, 3.8) is 0 Å². The number of nitrogens with zero attached hydrogens (tertiary/aromatic N) is 1. The smallest absolute Gasteiger partial charge is 0.183 e. The van der Waals surface area contributed by atoms with Crippen LogP contribution in [0.15, 0.2) is 12.7 Å². The minimum atomic E-state index is -1.20. The first-order chi connectivity index (χ1) is 10.1. The van der Waals surface area contributed by atoms with E-state index in [0.717, 1.165) is 32.1 Å². The average molecular weight is 303 g/mol. The minimum absolute atomic E-state index is 0.00814. The van der Waals surface area contributed by atoms with Crippen LogP contribution in [0.4, 0.5) is 0 Å². The summed E-state index contributed by atoms with van der Waals surface area (Å²) in [5.74, 6) is -1.20. The molecule has 124 valence electrons. The van der Waals surface area contributed by atoms with E-state index in [2.05, 4.69) is 6.58 Å². The second-order valence-corrected chi connectivity index (χ2v) is 5.30. The number of ether oxygens (including phenoxy) is 1. The molecule has 0 amide bonds. The fourth-order valence-electron chi connectivity index (χ4n) is 2.25. The lowest BCUT2D eigenvalue weighted by Gasteiger charge is -2.37. The SMILES string of the molecule is C=CCCCCCCOC[N+](CCO)(CCO)CC(=O)[O-]. The molecule has 0 aliphatic carbocycles. The number of carbonyl (C=O) groups is 1. The number of aliphatic hydroxyl groups excluding tert-OH is 2. The normalized spacial score (nSPS) is 11.5. The summed E-state index contributed by atoms with van der Waals surface area (Å²) in [7, 11) is 0. The second kappa shape index (κ2) is 12.8. The number of hydrogen-bond acceptors (Lipinski definition) is 5. The van der Waals surface area contributed by atoms with E-state index in [-0.39, 0.29) is 44.1 Å². The maximum Gasteiger partial charge on any atom is 0.183 e. The van der Waals surface area contributed by atoms with Gasteiger partial charge in [-0.15, -0.1) is 6.58 Å². The monoisotopic (exact) mass is 303 g/mol. The Labute approximate surface area is 127 Å². The van der Waals surface area contributed by atoms with E-state index in [1.807, 2.05) is 6.08 Å². The number of hydrogen-bond donors (Lipinski definition) is 2. The van der Waals surface area contributed by atoms with Gasteiger partial charge in [0.2, 0.25) is 0 Å². The summed E-state index contributed by atoms with van der Waals surface area (Å²) >= 11 is 0. The van der Waals surface area contributed by atoms with Crippen LogP contribution in [0.25, 0.3) is 0 Å². The van der Waals surface area contributed by atoms with Gasteiger partial charge in [0.25, 0.3) is 0 Å². The van der Waals surface area contributed by atoms with Gasteiger partial charge < -0.3 is 24.9 Å². The van der Waals surface area contributed by atoms with E-state index in [4.69, 9.17) is 14.9 Å². The number of unbranched alkanes of at least 4 members (excludes halogenated alkanes) is 4.